The molecule has 4 atom stereocenters. The number of aliphatic carboxylic acids is 1. The van der Waals surface area contributed by atoms with E-state index in [-0.39, 0.29) is 65.8 Å². The molecule has 1 fully saturated rings. The SMILES string of the molecule is O=C(O)CCCN1C(=O)C2CC=C3C(c4c(O)ccc5ccccc45)C4=C(CC3C2C1=O)C(=O)C(Br)=CC4=O. The van der Waals surface area contributed by atoms with Gasteiger partial charge in [0.2, 0.25) is 11.8 Å². The number of fused-ring (bicyclic) bond motifs is 4. The van der Waals surface area contributed by atoms with E-state index in [4.69, 9.17) is 5.11 Å². The summed E-state index contributed by atoms with van der Waals surface area (Å²) in [5.74, 6) is -5.04. The zero-order chi connectivity index (χ0) is 27.6. The molecule has 0 aromatic heterocycles. The molecule has 1 saturated heterocycles. The van der Waals surface area contributed by atoms with E-state index < -0.39 is 29.6 Å². The number of hydrogen-bond acceptors (Lipinski definition) is 6. The second-order valence-electron chi connectivity index (χ2n) is 10.4. The van der Waals surface area contributed by atoms with Crippen LogP contribution in [0.25, 0.3) is 10.8 Å². The molecule has 4 aliphatic rings. The number of allylic oxidation sites excluding steroid dienone is 6. The number of amides is 2. The van der Waals surface area contributed by atoms with Crippen molar-refractivity contribution in [2.45, 2.75) is 31.6 Å². The van der Waals surface area contributed by atoms with E-state index in [9.17, 15) is 29.1 Å². The van der Waals surface area contributed by atoms with Gasteiger partial charge in [0.05, 0.1) is 16.3 Å². The van der Waals surface area contributed by atoms with Crippen LogP contribution < -0.4 is 0 Å². The van der Waals surface area contributed by atoms with E-state index in [2.05, 4.69) is 15.9 Å². The molecule has 0 spiro atoms. The highest BCUT2D eigenvalue weighted by molar-refractivity contribution is 9.12. The number of benzene rings is 2. The summed E-state index contributed by atoms with van der Waals surface area (Å²) in [5, 5.41) is 21.8. The summed E-state index contributed by atoms with van der Waals surface area (Å²) < 4.78 is 0.135. The Morgan fingerprint density at radius 1 is 1.03 bits per heavy atom. The Bertz CT molecular complexity index is 1600. The highest BCUT2D eigenvalue weighted by atomic mass is 79.9. The lowest BCUT2D eigenvalue weighted by atomic mass is 9.59. The first-order valence-corrected chi connectivity index (χ1v) is 13.6. The molecule has 8 nitrogen and oxygen atoms in total. The molecular formula is C30H24BrNO7. The lowest BCUT2D eigenvalue weighted by Crippen LogP contribution is -2.39. The second kappa shape index (κ2) is 9.41. The monoisotopic (exact) mass is 589 g/mol. The molecule has 1 heterocycles. The average molecular weight is 590 g/mol. The third-order valence-corrected chi connectivity index (χ3v) is 9.02. The molecule has 6 rings (SSSR count). The molecule has 2 aromatic carbocycles. The van der Waals surface area contributed by atoms with Crippen LogP contribution in [-0.4, -0.2) is 51.0 Å². The molecule has 2 N–H and O–H groups in total. The van der Waals surface area contributed by atoms with Crippen molar-refractivity contribution < 1.29 is 34.2 Å². The maximum atomic E-state index is 13.7. The van der Waals surface area contributed by atoms with Gasteiger partial charge in [-0.2, -0.15) is 0 Å². The van der Waals surface area contributed by atoms with Crippen LogP contribution in [0.2, 0.25) is 0 Å². The van der Waals surface area contributed by atoms with Gasteiger partial charge < -0.3 is 10.2 Å². The number of aromatic hydroxyl groups is 1. The molecule has 198 valence electrons. The molecule has 1 aliphatic heterocycles. The number of nitrogens with zero attached hydrogens (tertiary/aromatic N) is 1. The molecule has 0 saturated carbocycles. The van der Waals surface area contributed by atoms with Gasteiger partial charge in [-0.25, -0.2) is 0 Å². The van der Waals surface area contributed by atoms with E-state index in [0.29, 0.717) is 16.7 Å². The van der Waals surface area contributed by atoms with E-state index in [0.717, 1.165) is 21.2 Å². The minimum Gasteiger partial charge on any atom is -0.508 e. The minimum absolute atomic E-state index is 0.0200. The van der Waals surface area contributed by atoms with E-state index >= 15 is 0 Å². The Balaban J connectivity index is 1.50. The van der Waals surface area contributed by atoms with E-state index in [1.165, 1.54) is 6.08 Å². The molecule has 2 aromatic rings. The summed E-state index contributed by atoms with van der Waals surface area (Å²) in [5.41, 5.74) is 1.84. The van der Waals surface area contributed by atoms with Crippen molar-refractivity contribution in [1.29, 1.82) is 0 Å². The maximum Gasteiger partial charge on any atom is 0.303 e. The van der Waals surface area contributed by atoms with Crippen LogP contribution in [0, 0.1) is 17.8 Å². The van der Waals surface area contributed by atoms with Gasteiger partial charge in [-0.05, 0) is 57.9 Å². The fourth-order valence-electron chi connectivity index (χ4n) is 6.80. The van der Waals surface area contributed by atoms with E-state index in [1.54, 1.807) is 12.1 Å². The summed E-state index contributed by atoms with van der Waals surface area (Å²) in [6, 6.07) is 10.8. The number of Topliss-reactive ketones (excluding diaryl/α,β-unsaturated/α-hetero) is 1. The number of carboxylic acids is 1. The maximum absolute atomic E-state index is 13.7. The lowest BCUT2D eigenvalue weighted by Gasteiger charge is -2.42. The summed E-state index contributed by atoms with van der Waals surface area (Å²) in [6.45, 7) is 0.0200. The number of rotatable bonds is 5. The van der Waals surface area contributed by atoms with Gasteiger partial charge in [-0.3, -0.25) is 28.9 Å². The standard InChI is InChI=1S/C30H24BrNO7/c31-20-13-22(34)26-19(28(20)37)12-18-16(27(26)25-15-5-2-1-4-14(15)7-10-21(25)33)8-9-17-24(18)30(39)32(29(17)38)11-3-6-23(35)36/h1-2,4-5,7-8,10,13,17-18,24,27,33H,3,6,9,11-12H2,(H,35,36). The van der Waals surface area contributed by atoms with Crippen molar-refractivity contribution in [2.24, 2.45) is 17.8 Å². The lowest BCUT2D eigenvalue weighted by molar-refractivity contribution is -0.142. The van der Waals surface area contributed by atoms with Crippen molar-refractivity contribution in [3.8, 4) is 5.75 Å². The number of imide groups is 1. The normalized spacial score (nSPS) is 26.3. The summed E-state index contributed by atoms with van der Waals surface area (Å²) >= 11 is 3.22. The fraction of sp³-hybridized carbons (Fsp3) is 0.300. The first-order chi connectivity index (χ1) is 18.7. The molecule has 9 heteroatoms. The third kappa shape index (κ3) is 3.90. The number of ketones is 2. The van der Waals surface area contributed by atoms with Gasteiger partial charge in [0.1, 0.15) is 5.75 Å². The van der Waals surface area contributed by atoms with Crippen molar-refractivity contribution in [3.05, 3.63) is 75.3 Å². The molecule has 0 bridgehead atoms. The number of phenols is 1. The number of hydrogen-bond donors (Lipinski definition) is 2. The zero-order valence-corrected chi connectivity index (χ0v) is 22.3. The summed E-state index contributed by atoms with van der Waals surface area (Å²) in [7, 11) is 0. The Kier molecular flexibility index (Phi) is 6.14. The van der Waals surface area contributed by atoms with Crippen LogP contribution in [0.5, 0.6) is 5.75 Å². The van der Waals surface area contributed by atoms with Gasteiger partial charge in [-0.15, -0.1) is 0 Å². The molecule has 3 aliphatic carbocycles. The predicted octanol–water partition coefficient (Wildman–Crippen LogP) is 4.17. The fourth-order valence-corrected chi connectivity index (χ4v) is 7.25. The van der Waals surface area contributed by atoms with Crippen molar-refractivity contribution in [2.75, 3.05) is 6.54 Å². The van der Waals surface area contributed by atoms with Crippen LogP contribution >= 0.6 is 15.9 Å². The van der Waals surface area contributed by atoms with Crippen LogP contribution in [0.3, 0.4) is 0 Å². The van der Waals surface area contributed by atoms with Gasteiger partial charge in [0.25, 0.3) is 0 Å². The highest BCUT2D eigenvalue weighted by Crippen LogP contribution is 2.57. The quantitative estimate of drug-likeness (QED) is 0.304. The van der Waals surface area contributed by atoms with Crippen molar-refractivity contribution in [1.82, 2.24) is 4.90 Å². The smallest absolute Gasteiger partial charge is 0.303 e. The Labute approximate surface area is 231 Å². The summed E-state index contributed by atoms with van der Waals surface area (Å²) in [6.07, 6.45) is 3.57. The van der Waals surface area contributed by atoms with Crippen LogP contribution in [0.4, 0.5) is 0 Å². The van der Waals surface area contributed by atoms with Crippen LogP contribution in [0.15, 0.2) is 69.8 Å². The van der Waals surface area contributed by atoms with Gasteiger partial charge in [-0.1, -0.05) is 42.0 Å². The first-order valence-electron chi connectivity index (χ1n) is 12.9. The molecule has 39 heavy (non-hydrogen) atoms. The van der Waals surface area contributed by atoms with Crippen molar-refractivity contribution >= 4 is 56.1 Å². The van der Waals surface area contributed by atoms with Crippen molar-refractivity contribution in [3.63, 3.8) is 0 Å². The van der Waals surface area contributed by atoms with Gasteiger partial charge in [0, 0.05) is 41.7 Å². The Morgan fingerprint density at radius 2 is 1.79 bits per heavy atom. The zero-order valence-electron chi connectivity index (χ0n) is 20.7. The number of phenolic OH excluding ortho intramolecular Hbond substituents is 1. The third-order valence-electron chi connectivity index (χ3n) is 8.43. The highest BCUT2D eigenvalue weighted by Gasteiger charge is 2.56. The molecule has 0 radical (unpaired) electrons. The van der Waals surface area contributed by atoms with Gasteiger partial charge in [0.15, 0.2) is 11.6 Å². The molecule has 4 unspecified atom stereocenters. The average Bonchev–Trinajstić information content (AvgIpc) is 3.15. The number of likely N-dealkylation sites (tertiary alicyclic amines) is 1. The van der Waals surface area contributed by atoms with Crippen LogP contribution in [-0.2, 0) is 24.0 Å². The topological polar surface area (TPSA) is 129 Å². The molecule has 2 amide bonds. The number of carboxylic acid groups (broad SMARTS) is 1. The van der Waals surface area contributed by atoms with Crippen LogP contribution in [0.1, 0.15) is 37.2 Å². The number of carbonyl (C=O) groups is 5. The Hall–Kier alpha value is -3.85. The largest absolute Gasteiger partial charge is 0.508 e. The van der Waals surface area contributed by atoms with Gasteiger partial charge >= 0.3 is 5.97 Å². The molecular weight excluding hydrogens is 566 g/mol. The number of carbonyl (C=O) groups excluding carboxylic acids is 4. The minimum atomic E-state index is -1.00. The Morgan fingerprint density at radius 3 is 2.56 bits per heavy atom. The first kappa shape index (κ1) is 25.4. The summed E-state index contributed by atoms with van der Waals surface area (Å²) in [4.78, 5) is 65.9. The second-order valence-corrected chi connectivity index (χ2v) is 11.3. The number of halogens is 1. The predicted molar refractivity (Wildman–Crippen MR) is 144 cm³/mol. The van der Waals surface area contributed by atoms with E-state index in [1.807, 2.05) is 30.3 Å².